The van der Waals surface area contributed by atoms with E-state index in [4.69, 9.17) is 9.47 Å². The van der Waals surface area contributed by atoms with Crippen molar-refractivity contribution < 1.29 is 14.3 Å². The fourth-order valence-corrected chi connectivity index (χ4v) is 5.22. The Morgan fingerprint density at radius 3 is 2.62 bits per heavy atom. The number of rotatable bonds is 9. The van der Waals surface area contributed by atoms with Gasteiger partial charge in [-0.1, -0.05) is 29.5 Å². The van der Waals surface area contributed by atoms with Gasteiger partial charge in [0.15, 0.2) is 5.13 Å². The van der Waals surface area contributed by atoms with Gasteiger partial charge < -0.3 is 9.47 Å². The Morgan fingerprint density at radius 2 is 1.94 bits per heavy atom. The van der Waals surface area contributed by atoms with E-state index in [2.05, 4.69) is 21.3 Å². The van der Waals surface area contributed by atoms with Crippen molar-refractivity contribution in [2.75, 3.05) is 39.7 Å². The molecule has 0 fully saturated rings. The number of amides is 1. The monoisotopic (exact) mass is 467 g/mol. The number of hydrogen-bond donors (Lipinski definition) is 1. The van der Waals surface area contributed by atoms with E-state index in [0.717, 1.165) is 39.3 Å². The fourth-order valence-electron chi connectivity index (χ4n) is 3.40. The number of nitrogens with zero attached hydrogens (tertiary/aromatic N) is 2. The number of hydrogen-bond acceptors (Lipinski definition) is 7. The number of benzene rings is 2. The van der Waals surface area contributed by atoms with E-state index < -0.39 is 0 Å². The molecule has 0 aliphatic heterocycles. The maximum atomic E-state index is 12.8. The topological polar surface area (TPSA) is 63.7 Å². The summed E-state index contributed by atoms with van der Waals surface area (Å²) < 4.78 is 11.6. The number of thiazole rings is 1. The molecule has 2 heterocycles. The zero-order chi connectivity index (χ0) is 22.5. The molecule has 166 valence electrons. The molecule has 6 nitrogen and oxygen atoms in total. The van der Waals surface area contributed by atoms with Gasteiger partial charge in [0, 0.05) is 36.2 Å². The van der Waals surface area contributed by atoms with E-state index >= 15 is 0 Å². The SMILES string of the molecule is COCCN(C)Cc1ccc(C(=O)Nc2nc3c(OC)ccc(-c4cccs4)c3s2)cc1. The molecule has 2 aromatic carbocycles. The van der Waals surface area contributed by atoms with Gasteiger partial charge in [-0.05, 0) is 48.3 Å². The molecule has 0 saturated carbocycles. The zero-order valence-corrected chi connectivity index (χ0v) is 19.9. The molecular formula is C24H25N3O3S2. The van der Waals surface area contributed by atoms with E-state index in [-0.39, 0.29) is 5.91 Å². The first kappa shape index (κ1) is 22.4. The van der Waals surface area contributed by atoms with Crippen molar-refractivity contribution in [2.24, 2.45) is 0 Å². The highest BCUT2D eigenvalue weighted by Crippen LogP contribution is 2.41. The molecule has 0 radical (unpaired) electrons. The Kier molecular flexibility index (Phi) is 7.16. The first-order chi connectivity index (χ1) is 15.6. The molecule has 0 bridgehead atoms. The molecular weight excluding hydrogens is 442 g/mol. The number of fused-ring (bicyclic) bond motifs is 1. The standard InChI is InChI=1S/C24H25N3O3S2/c1-27(12-13-29-2)15-16-6-8-17(9-7-16)23(28)26-24-25-21-19(30-3)11-10-18(22(21)32-24)20-5-4-14-31-20/h4-11,14H,12-13,15H2,1-3H3,(H,25,26,28). The second kappa shape index (κ2) is 10.2. The Labute approximate surface area is 195 Å². The van der Waals surface area contributed by atoms with E-state index in [1.165, 1.54) is 11.3 Å². The summed E-state index contributed by atoms with van der Waals surface area (Å²) in [5.74, 6) is 0.513. The molecule has 1 N–H and O–H groups in total. The van der Waals surface area contributed by atoms with Gasteiger partial charge in [-0.2, -0.15) is 0 Å². The van der Waals surface area contributed by atoms with Crippen molar-refractivity contribution >= 4 is 43.9 Å². The van der Waals surface area contributed by atoms with Crippen LogP contribution >= 0.6 is 22.7 Å². The molecule has 2 aromatic heterocycles. The molecule has 0 unspecified atom stereocenters. The van der Waals surface area contributed by atoms with E-state index in [1.807, 2.05) is 54.9 Å². The van der Waals surface area contributed by atoms with Crippen LogP contribution in [-0.4, -0.2) is 50.2 Å². The second-order valence-corrected chi connectivity index (χ2v) is 9.32. The third-order valence-corrected chi connectivity index (χ3v) is 6.99. The highest BCUT2D eigenvalue weighted by Gasteiger charge is 2.17. The number of thiophene rings is 1. The number of aromatic nitrogens is 1. The number of carbonyl (C=O) groups is 1. The van der Waals surface area contributed by atoms with Crippen LogP contribution < -0.4 is 10.1 Å². The summed E-state index contributed by atoms with van der Waals surface area (Å²) in [4.78, 5) is 20.8. The molecule has 4 aromatic rings. The second-order valence-electron chi connectivity index (χ2n) is 7.37. The van der Waals surface area contributed by atoms with Gasteiger partial charge in [-0.3, -0.25) is 15.0 Å². The Hall–Kier alpha value is -2.78. The van der Waals surface area contributed by atoms with Crippen LogP contribution in [0.2, 0.25) is 0 Å². The van der Waals surface area contributed by atoms with Crippen LogP contribution in [0, 0.1) is 0 Å². The molecule has 0 spiro atoms. The summed E-state index contributed by atoms with van der Waals surface area (Å²) in [5, 5.41) is 5.55. The first-order valence-corrected chi connectivity index (χ1v) is 11.9. The number of nitrogens with one attached hydrogen (secondary N) is 1. The van der Waals surface area contributed by atoms with Gasteiger partial charge in [0.2, 0.25) is 0 Å². The summed E-state index contributed by atoms with van der Waals surface area (Å²) in [6, 6.07) is 15.7. The lowest BCUT2D eigenvalue weighted by atomic mass is 10.1. The highest BCUT2D eigenvalue weighted by atomic mass is 32.1. The lowest BCUT2D eigenvalue weighted by molar-refractivity contribution is 0.102. The Bertz CT molecular complexity index is 1190. The number of carbonyl (C=O) groups excluding carboxylic acids is 1. The molecule has 8 heteroatoms. The first-order valence-electron chi connectivity index (χ1n) is 10.2. The predicted molar refractivity (Wildman–Crippen MR) is 132 cm³/mol. The van der Waals surface area contributed by atoms with E-state index in [1.54, 1.807) is 25.6 Å². The molecule has 32 heavy (non-hydrogen) atoms. The lowest BCUT2D eigenvalue weighted by Crippen LogP contribution is -2.22. The summed E-state index contributed by atoms with van der Waals surface area (Å²) in [7, 11) is 5.38. The summed E-state index contributed by atoms with van der Waals surface area (Å²) in [6.07, 6.45) is 0. The normalized spacial score (nSPS) is 11.2. The largest absolute Gasteiger partial charge is 0.494 e. The molecule has 1 amide bonds. The third kappa shape index (κ3) is 4.99. The van der Waals surface area contributed by atoms with Crippen molar-refractivity contribution in [1.82, 2.24) is 9.88 Å². The molecule has 0 aliphatic rings. The van der Waals surface area contributed by atoms with Crippen molar-refractivity contribution in [2.45, 2.75) is 6.54 Å². The van der Waals surface area contributed by atoms with Crippen molar-refractivity contribution in [3.05, 3.63) is 65.0 Å². The van der Waals surface area contributed by atoms with Crippen molar-refractivity contribution in [3.63, 3.8) is 0 Å². The smallest absolute Gasteiger partial charge is 0.257 e. The Morgan fingerprint density at radius 1 is 1.12 bits per heavy atom. The van der Waals surface area contributed by atoms with Crippen molar-refractivity contribution in [1.29, 1.82) is 0 Å². The maximum Gasteiger partial charge on any atom is 0.257 e. The van der Waals surface area contributed by atoms with Crippen LogP contribution in [0.25, 0.3) is 20.7 Å². The quantitative estimate of drug-likeness (QED) is 0.359. The minimum Gasteiger partial charge on any atom is -0.494 e. The zero-order valence-electron chi connectivity index (χ0n) is 18.3. The van der Waals surface area contributed by atoms with Crippen molar-refractivity contribution in [3.8, 4) is 16.2 Å². The Balaban J connectivity index is 1.52. The predicted octanol–water partition coefficient (Wildman–Crippen LogP) is 5.36. The lowest BCUT2D eigenvalue weighted by Gasteiger charge is -2.16. The van der Waals surface area contributed by atoms with Gasteiger partial charge >= 0.3 is 0 Å². The van der Waals surface area contributed by atoms with Crippen LogP contribution in [0.3, 0.4) is 0 Å². The van der Waals surface area contributed by atoms with Gasteiger partial charge in [-0.25, -0.2) is 4.98 Å². The minimum atomic E-state index is -0.181. The van der Waals surface area contributed by atoms with Crippen LogP contribution in [0.15, 0.2) is 53.9 Å². The van der Waals surface area contributed by atoms with Crippen LogP contribution in [0.5, 0.6) is 5.75 Å². The van der Waals surface area contributed by atoms with Gasteiger partial charge in [0.05, 0.1) is 18.4 Å². The van der Waals surface area contributed by atoms with Gasteiger partial charge in [-0.15, -0.1) is 11.3 Å². The van der Waals surface area contributed by atoms with Crippen LogP contribution in [0.1, 0.15) is 15.9 Å². The number of anilines is 1. The van der Waals surface area contributed by atoms with E-state index in [0.29, 0.717) is 23.1 Å². The third-order valence-electron chi connectivity index (χ3n) is 5.08. The fraction of sp³-hybridized carbons (Fsp3) is 0.250. The molecule has 0 saturated heterocycles. The molecule has 0 atom stereocenters. The molecule has 0 aliphatic carbocycles. The minimum absolute atomic E-state index is 0.181. The maximum absolute atomic E-state index is 12.8. The highest BCUT2D eigenvalue weighted by molar-refractivity contribution is 7.23. The average Bonchev–Trinajstić information content (AvgIpc) is 3.47. The summed E-state index contributed by atoms with van der Waals surface area (Å²) in [6.45, 7) is 2.35. The number of methoxy groups -OCH3 is 2. The number of ether oxygens (including phenoxy) is 2. The number of likely N-dealkylation sites (N-methyl/N-ethyl adjacent to an activating group) is 1. The van der Waals surface area contributed by atoms with Gasteiger partial charge in [0.1, 0.15) is 11.3 Å². The summed E-state index contributed by atoms with van der Waals surface area (Å²) >= 11 is 3.13. The van der Waals surface area contributed by atoms with Gasteiger partial charge in [0.25, 0.3) is 5.91 Å². The van der Waals surface area contributed by atoms with E-state index in [9.17, 15) is 4.79 Å². The summed E-state index contributed by atoms with van der Waals surface area (Å²) in [5.41, 5.74) is 3.59. The molecule has 4 rings (SSSR count). The average molecular weight is 468 g/mol. The van der Waals surface area contributed by atoms with Crippen LogP contribution in [0.4, 0.5) is 5.13 Å². The van der Waals surface area contributed by atoms with Crippen LogP contribution in [-0.2, 0) is 11.3 Å².